The first-order chi connectivity index (χ1) is 7.98. The van der Waals surface area contributed by atoms with Gasteiger partial charge in [-0.25, -0.2) is 8.42 Å². The number of hydrogen-bond donors (Lipinski definition) is 1. The van der Waals surface area contributed by atoms with Crippen LogP contribution in [0.1, 0.15) is 25.7 Å². The first-order valence-electron chi connectivity index (χ1n) is 6.23. The van der Waals surface area contributed by atoms with Crippen LogP contribution in [0.5, 0.6) is 0 Å². The third-order valence-electron chi connectivity index (χ3n) is 3.78. The highest BCUT2D eigenvalue weighted by atomic mass is 32.2. The molecule has 0 atom stereocenters. The fourth-order valence-corrected chi connectivity index (χ4v) is 3.76. The van der Waals surface area contributed by atoms with E-state index in [4.69, 9.17) is 5.73 Å². The van der Waals surface area contributed by atoms with Crippen LogP contribution in [0.25, 0.3) is 0 Å². The van der Waals surface area contributed by atoms with E-state index in [2.05, 4.69) is 0 Å². The lowest BCUT2D eigenvalue weighted by Gasteiger charge is -2.33. The molecule has 1 amide bonds. The molecule has 2 N–H and O–H groups in total. The van der Waals surface area contributed by atoms with E-state index in [9.17, 15) is 13.2 Å². The summed E-state index contributed by atoms with van der Waals surface area (Å²) in [6.07, 6.45) is 3.51. The lowest BCUT2D eigenvalue weighted by Crippen LogP contribution is -2.47. The van der Waals surface area contributed by atoms with Gasteiger partial charge in [-0.1, -0.05) is 0 Å². The molecule has 1 aliphatic carbocycles. The van der Waals surface area contributed by atoms with Crippen molar-refractivity contribution in [3.8, 4) is 0 Å². The van der Waals surface area contributed by atoms with Gasteiger partial charge in [0.25, 0.3) is 0 Å². The lowest BCUT2D eigenvalue weighted by molar-refractivity contribution is -0.136. The number of carbonyl (C=O) groups is 1. The van der Waals surface area contributed by atoms with E-state index >= 15 is 0 Å². The summed E-state index contributed by atoms with van der Waals surface area (Å²) in [6.45, 7) is 0.730. The zero-order chi connectivity index (χ0) is 12.5. The van der Waals surface area contributed by atoms with Crippen molar-refractivity contribution in [1.82, 2.24) is 4.90 Å². The average molecular weight is 260 g/mol. The molecule has 1 saturated heterocycles. The molecule has 6 heteroatoms. The molecule has 0 unspecified atom stereocenters. The van der Waals surface area contributed by atoms with E-state index in [1.54, 1.807) is 4.90 Å². The van der Waals surface area contributed by atoms with Gasteiger partial charge in [-0.2, -0.15) is 0 Å². The van der Waals surface area contributed by atoms with Crippen LogP contribution in [0.15, 0.2) is 0 Å². The fourth-order valence-electron chi connectivity index (χ4n) is 2.56. The molecule has 1 saturated carbocycles. The van der Waals surface area contributed by atoms with Gasteiger partial charge in [0, 0.05) is 25.0 Å². The monoisotopic (exact) mass is 260 g/mol. The quantitative estimate of drug-likeness (QED) is 0.705. The van der Waals surface area contributed by atoms with Crippen molar-refractivity contribution >= 4 is 15.7 Å². The highest BCUT2D eigenvalue weighted by Gasteiger charge is 2.31. The molecule has 1 aliphatic heterocycles. The number of amides is 1. The minimum atomic E-state index is -2.90. The van der Waals surface area contributed by atoms with Crippen LogP contribution in [0, 0.1) is 5.92 Å². The molecular weight excluding hydrogens is 240 g/mol. The highest BCUT2D eigenvalue weighted by Crippen LogP contribution is 2.25. The summed E-state index contributed by atoms with van der Waals surface area (Å²) in [4.78, 5) is 13.9. The van der Waals surface area contributed by atoms with Crippen molar-refractivity contribution in [2.45, 2.75) is 31.7 Å². The Hall–Kier alpha value is -0.620. The van der Waals surface area contributed by atoms with Crippen molar-refractivity contribution < 1.29 is 13.2 Å². The molecule has 2 aliphatic rings. The largest absolute Gasteiger partial charge is 0.340 e. The number of rotatable bonds is 1. The van der Waals surface area contributed by atoms with Crippen LogP contribution < -0.4 is 5.73 Å². The third-order valence-corrected chi connectivity index (χ3v) is 5.39. The molecule has 0 aromatic rings. The van der Waals surface area contributed by atoms with Gasteiger partial charge in [0.15, 0.2) is 9.84 Å². The topological polar surface area (TPSA) is 80.5 Å². The second-order valence-electron chi connectivity index (χ2n) is 5.09. The van der Waals surface area contributed by atoms with Crippen molar-refractivity contribution in [2.75, 3.05) is 24.6 Å². The molecule has 0 aromatic heterocycles. The first kappa shape index (κ1) is 12.8. The number of carbonyl (C=O) groups excluding carboxylic acids is 1. The highest BCUT2D eigenvalue weighted by molar-refractivity contribution is 7.91. The molecule has 17 heavy (non-hydrogen) atoms. The number of sulfone groups is 1. The van der Waals surface area contributed by atoms with Gasteiger partial charge >= 0.3 is 0 Å². The average Bonchev–Trinajstić information content (AvgIpc) is 2.29. The summed E-state index contributed by atoms with van der Waals surface area (Å²) in [6, 6.07) is 0.237. The van der Waals surface area contributed by atoms with E-state index in [-0.39, 0.29) is 29.4 Å². The van der Waals surface area contributed by atoms with Gasteiger partial charge in [-0.05, 0) is 25.7 Å². The molecule has 1 heterocycles. The molecular formula is C11H20N2O3S. The second-order valence-corrected chi connectivity index (χ2v) is 7.39. The van der Waals surface area contributed by atoms with Gasteiger partial charge in [-0.3, -0.25) is 4.79 Å². The van der Waals surface area contributed by atoms with E-state index in [0.717, 1.165) is 25.7 Å². The van der Waals surface area contributed by atoms with Gasteiger partial charge in [0.1, 0.15) is 0 Å². The van der Waals surface area contributed by atoms with Crippen LogP contribution in [0.4, 0.5) is 0 Å². The van der Waals surface area contributed by atoms with E-state index in [1.807, 2.05) is 0 Å². The fraction of sp³-hybridized carbons (Fsp3) is 0.909. The molecule has 2 fully saturated rings. The van der Waals surface area contributed by atoms with Gasteiger partial charge in [0.05, 0.1) is 11.5 Å². The Morgan fingerprint density at radius 1 is 1.06 bits per heavy atom. The van der Waals surface area contributed by atoms with E-state index in [0.29, 0.717) is 13.1 Å². The zero-order valence-electron chi connectivity index (χ0n) is 9.97. The number of nitrogens with two attached hydrogens (primary N) is 1. The van der Waals surface area contributed by atoms with Crippen LogP contribution in [-0.4, -0.2) is 49.9 Å². The second kappa shape index (κ2) is 4.94. The van der Waals surface area contributed by atoms with Crippen LogP contribution in [0.3, 0.4) is 0 Å². The summed E-state index contributed by atoms with van der Waals surface area (Å²) in [5.41, 5.74) is 5.81. The van der Waals surface area contributed by atoms with Crippen molar-refractivity contribution in [3.63, 3.8) is 0 Å². The Balaban J connectivity index is 1.88. The third kappa shape index (κ3) is 3.19. The maximum atomic E-state index is 12.2. The summed E-state index contributed by atoms with van der Waals surface area (Å²) in [5.74, 6) is 0.429. The molecule has 2 rings (SSSR count). The predicted molar refractivity (Wildman–Crippen MR) is 65.2 cm³/mol. The maximum Gasteiger partial charge on any atom is 0.225 e. The summed E-state index contributed by atoms with van der Waals surface area (Å²) < 4.78 is 22.6. The Morgan fingerprint density at radius 2 is 1.59 bits per heavy atom. The standard InChI is InChI=1S/C11H20N2O3S/c12-10-3-1-9(2-4-10)11(14)13-5-7-17(15,16)8-6-13/h9-10H,1-8,12H2. The van der Waals surface area contributed by atoms with Crippen molar-refractivity contribution in [2.24, 2.45) is 11.7 Å². The Bertz CT molecular complexity index is 372. The van der Waals surface area contributed by atoms with Crippen LogP contribution >= 0.6 is 0 Å². The number of hydrogen-bond acceptors (Lipinski definition) is 4. The van der Waals surface area contributed by atoms with Crippen LogP contribution in [0.2, 0.25) is 0 Å². The minimum Gasteiger partial charge on any atom is -0.340 e. The molecule has 0 radical (unpaired) electrons. The van der Waals surface area contributed by atoms with Crippen molar-refractivity contribution in [1.29, 1.82) is 0 Å². The minimum absolute atomic E-state index is 0.0654. The molecule has 98 valence electrons. The summed E-state index contributed by atoms with van der Waals surface area (Å²) in [7, 11) is -2.90. The van der Waals surface area contributed by atoms with Gasteiger partial charge in [-0.15, -0.1) is 0 Å². The SMILES string of the molecule is NC1CCC(C(=O)N2CCS(=O)(=O)CC2)CC1. The lowest BCUT2D eigenvalue weighted by atomic mass is 9.85. The Labute approximate surface area is 102 Å². The van der Waals surface area contributed by atoms with Gasteiger partial charge in [0.2, 0.25) is 5.91 Å². The Morgan fingerprint density at radius 3 is 2.12 bits per heavy atom. The molecule has 0 bridgehead atoms. The predicted octanol–water partition coefficient (Wildman–Crippen LogP) is -0.239. The Kier molecular flexibility index (Phi) is 3.73. The zero-order valence-corrected chi connectivity index (χ0v) is 10.8. The van der Waals surface area contributed by atoms with Gasteiger partial charge < -0.3 is 10.6 Å². The summed E-state index contributed by atoms with van der Waals surface area (Å²) in [5, 5.41) is 0. The first-order valence-corrected chi connectivity index (χ1v) is 8.05. The summed E-state index contributed by atoms with van der Waals surface area (Å²) >= 11 is 0. The maximum absolute atomic E-state index is 12.2. The van der Waals surface area contributed by atoms with Crippen LogP contribution in [-0.2, 0) is 14.6 Å². The molecule has 0 spiro atoms. The smallest absolute Gasteiger partial charge is 0.225 e. The number of nitrogens with zero attached hydrogens (tertiary/aromatic N) is 1. The molecule has 0 aromatic carbocycles. The van der Waals surface area contributed by atoms with E-state index in [1.165, 1.54) is 0 Å². The normalized spacial score (nSPS) is 33.4. The molecule has 5 nitrogen and oxygen atoms in total. The van der Waals surface area contributed by atoms with E-state index < -0.39 is 9.84 Å². The van der Waals surface area contributed by atoms with Crippen molar-refractivity contribution in [3.05, 3.63) is 0 Å².